The van der Waals surface area contributed by atoms with E-state index in [1.165, 1.54) is 0 Å². The van der Waals surface area contributed by atoms with E-state index in [0.29, 0.717) is 21.7 Å². The van der Waals surface area contributed by atoms with Crippen LogP contribution in [-0.4, -0.2) is 4.98 Å². The number of pyridine rings is 1. The zero-order valence-electron chi connectivity index (χ0n) is 8.88. The predicted molar refractivity (Wildman–Crippen MR) is 73.2 cm³/mol. The molecule has 1 aromatic carbocycles. The molecule has 0 aliphatic rings. The summed E-state index contributed by atoms with van der Waals surface area (Å²) in [6, 6.07) is 6.92. The number of rotatable bonds is 2. The molecule has 0 amide bonds. The van der Waals surface area contributed by atoms with Crippen molar-refractivity contribution in [2.24, 2.45) is 0 Å². The summed E-state index contributed by atoms with van der Waals surface area (Å²) >= 11 is 15.1. The smallest absolute Gasteiger partial charge is 0.219 e. The van der Waals surface area contributed by atoms with Gasteiger partial charge in [-0.05, 0) is 40.5 Å². The molecule has 0 bridgehead atoms. The maximum absolute atomic E-state index is 5.90. The lowest BCUT2D eigenvalue weighted by molar-refractivity contribution is 0.462. The van der Waals surface area contributed by atoms with Crippen molar-refractivity contribution in [2.45, 2.75) is 6.92 Å². The predicted octanol–water partition coefficient (Wildman–Crippen LogP) is 5.25. The maximum Gasteiger partial charge on any atom is 0.219 e. The molecule has 0 atom stereocenters. The summed E-state index contributed by atoms with van der Waals surface area (Å²) in [7, 11) is 0. The summed E-state index contributed by atoms with van der Waals surface area (Å²) in [5.74, 6) is 1.12. The molecule has 17 heavy (non-hydrogen) atoms. The molecule has 88 valence electrons. The van der Waals surface area contributed by atoms with E-state index >= 15 is 0 Å². The van der Waals surface area contributed by atoms with Gasteiger partial charge < -0.3 is 4.74 Å². The van der Waals surface area contributed by atoms with Gasteiger partial charge >= 0.3 is 0 Å². The lowest BCUT2D eigenvalue weighted by Crippen LogP contribution is -1.89. The van der Waals surface area contributed by atoms with Crippen molar-refractivity contribution in [2.75, 3.05) is 0 Å². The molecule has 0 unspecified atom stereocenters. The fraction of sp³-hybridized carbons (Fsp3) is 0.0833. The molecule has 2 rings (SSSR count). The Morgan fingerprint density at radius 2 is 1.94 bits per heavy atom. The second-order valence-corrected chi connectivity index (χ2v) is 5.12. The second-order valence-electron chi connectivity index (χ2n) is 3.45. The average molecular weight is 333 g/mol. The van der Waals surface area contributed by atoms with Gasteiger partial charge in [0, 0.05) is 22.8 Å². The highest BCUT2D eigenvalue weighted by Crippen LogP contribution is 2.29. The number of hydrogen-bond donors (Lipinski definition) is 0. The molecule has 2 nitrogen and oxygen atoms in total. The van der Waals surface area contributed by atoms with Gasteiger partial charge in [0.15, 0.2) is 0 Å². The highest BCUT2D eigenvalue weighted by atomic mass is 79.9. The van der Waals surface area contributed by atoms with E-state index in [2.05, 4.69) is 20.9 Å². The fourth-order valence-corrected chi connectivity index (χ4v) is 1.74. The van der Waals surface area contributed by atoms with Crippen LogP contribution in [0.3, 0.4) is 0 Å². The summed E-state index contributed by atoms with van der Waals surface area (Å²) in [4.78, 5) is 4.14. The molecule has 0 saturated carbocycles. The normalized spacial score (nSPS) is 10.4. The molecule has 0 aliphatic carbocycles. The van der Waals surface area contributed by atoms with E-state index in [9.17, 15) is 0 Å². The topological polar surface area (TPSA) is 22.1 Å². The van der Waals surface area contributed by atoms with Crippen LogP contribution in [0.5, 0.6) is 11.6 Å². The van der Waals surface area contributed by atoms with Crippen LogP contribution < -0.4 is 4.74 Å². The van der Waals surface area contributed by atoms with Gasteiger partial charge in [-0.15, -0.1) is 0 Å². The first-order chi connectivity index (χ1) is 8.06. The van der Waals surface area contributed by atoms with E-state index in [-0.39, 0.29) is 0 Å². The fourth-order valence-electron chi connectivity index (χ4n) is 1.23. The van der Waals surface area contributed by atoms with E-state index in [0.717, 1.165) is 10.0 Å². The Morgan fingerprint density at radius 1 is 1.18 bits per heavy atom. The summed E-state index contributed by atoms with van der Waals surface area (Å²) in [5, 5.41) is 0.956. The van der Waals surface area contributed by atoms with Crippen molar-refractivity contribution in [3.8, 4) is 11.6 Å². The van der Waals surface area contributed by atoms with Gasteiger partial charge in [-0.25, -0.2) is 4.98 Å². The third-order valence-corrected chi connectivity index (χ3v) is 3.70. The van der Waals surface area contributed by atoms with Gasteiger partial charge in [-0.3, -0.25) is 0 Å². The molecule has 1 aromatic heterocycles. The Morgan fingerprint density at radius 3 is 2.59 bits per heavy atom. The highest BCUT2D eigenvalue weighted by molar-refractivity contribution is 9.10. The highest BCUT2D eigenvalue weighted by Gasteiger charge is 2.04. The van der Waals surface area contributed by atoms with Gasteiger partial charge in [0.05, 0.1) is 10.0 Å². The van der Waals surface area contributed by atoms with Crippen LogP contribution in [-0.2, 0) is 0 Å². The van der Waals surface area contributed by atoms with Crippen LogP contribution in [0.4, 0.5) is 0 Å². The van der Waals surface area contributed by atoms with Crippen molar-refractivity contribution in [1.29, 1.82) is 0 Å². The van der Waals surface area contributed by atoms with Crippen LogP contribution in [0.2, 0.25) is 10.0 Å². The van der Waals surface area contributed by atoms with Gasteiger partial charge in [0.1, 0.15) is 5.75 Å². The largest absolute Gasteiger partial charge is 0.439 e. The van der Waals surface area contributed by atoms with E-state index in [1.54, 1.807) is 24.4 Å². The number of aryl methyl sites for hydroxylation is 1. The number of halogens is 3. The Hall–Kier alpha value is -0.770. The molecule has 1 heterocycles. The quantitative estimate of drug-likeness (QED) is 0.749. The van der Waals surface area contributed by atoms with Gasteiger partial charge in [-0.1, -0.05) is 23.2 Å². The van der Waals surface area contributed by atoms with Crippen molar-refractivity contribution >= 4 is 39.1 Å². The van der Waals surface area contributed by atoms with Gasteiger partial charge in [0.25, 0.3) is 0 Å². The zero-order valence-corrected chi connectivity index (χ0v) is 12.0. The summed E-state index contributed by atoms with van der Waals surface area (Å²) in [6.07, 6.45) is 1.70. The zero-order chi connectivity index (χ0) is 12.4. The van der Waals surface area contributed by atoms with Crippen LogP contribution in [0, 0.1) is 6.92 Å². The molecule has 0 aliphatic heterocycles. The molecular formula is C12H8BrCl2NO. The van der Waals surface area contributed by atoms with Gasteiger partial charge in [0.2, 0.25) is 5.88 Å². The molecule has 0 fully saturated rings. The lowest BCUT2D eigenvalue weighted by Gasteiger charge is -2.07. The summed E-state index contributed by atoms with van der Waals surface area (Å²) in [5.41, 5.74) is 1.05. The Labute approximate surface area is 118 Å². The standard InChI is InChI=1S/C12H8BrCl2NO/c1-7-4-12(16-6-9(7)13)17-8-2-3-10(14)11(15)5-8/h2-6H,1H3. The maximum atomic E-state index is 5.90. The Balaban J connectivity index is 2.25. The minimum Gasteiger partial charge on any atom is -0.439 e. The first kappa shape index (κ1) is 12.7. The van der Waals surface area contributed by atoms with E-state index in [4.69, 9.17) is 27.9 Å². The van der Waals surface area contributed by atoms with Crippen molar-refractivity contribution < 1.29 is 4.74 Å². The van der Waals surface area contributed by atoms with Crippen molar-refractivity contribution in [1.82, 2.24) is 4.98 Å². The average Bonchev–Trinajstić information content (AvgIpc) is 2.29. The number of aromatic nitrogens is 1. The summed E-state index contributed by atoms with van der Waals surface area (Å²) in [6.45, 7) is 1.97. The SMILES string of the molecule is Cc1cc(Oc2ccc(Cl)c(Cl)c2)ncc1Br. The monoisotopic (exact) mass is 331 g/mol. The number of ether oxygens (including phenoxy) is 1. The molecule has 2 aromatic rings. The second kappa shape index (κ2) is 5.25. The molecule has 0 saturated heterocycles. The molecule has 5 heteroatoms. The first-order valence-electron chi connectivity index (χ1n) is 4.81. The van der Waals surface area contributed by atoms with Crippen LogP contribution in [0.15, 0.2) is 34.9 Å². The molecule has 0 radical (unpaired) electrons. The van der Waals surface area contributed by atoms with E-state index in [1.807, 2.05) is 13.0 Å². The van der Waals surface area contributed by atoms with E-state index < -0.39 is 0 Å². The lowest BCUT2D eigenvalue weighted by atomic mass is 10.3. The van der Waals surface area contributed by atoms with Crippen molar-refractivity contribution in [3.63, 3.8) is 0 Å². The van der Waals surface area contributed by atoms with Crippen LogP contribution in [0.25, 0.3) is 0 Å². The minimum absolute atomic E-state index is 0.456. The van der Waals surface area contributed by atoms with Gasteiger partial charge in [-0.2, -0.15) is 0 Å². The number of hydrogen-bond acceptors (Lipinski definition) is 2. The first-order valence-corrected chi connectivity index (χ1v) is 6.36. The van der Waals surface area contributed by atoms with Crippen molar-refractivity contribution in [3.05, 3.63) is 50.5 Å². The third-order valence-electron chi connectivity index (χ3n) is 2.14. The molecule has 0 N–H and O–H groups in total. The third kappa shape index (κ3) is 3.12. The minimum atomic E-state index is 0.456. The molecule has 0 spiro atoms. The summed E-state index contributed by atoms with van der Waals surface area (Å²) < 4.78 is 6.52. The number of nitrogens with zero attached hydrogens (tertiary/aromatic N) is 1. The molecular weight excluding hydrogens is 325 g/mol. The Bertz CT molecular complexity index is 511. The number of benzene rings is 1. The van der Waals surface area contributed by atoms with Crippen LogP contribution >= 0.6 is 39.1 Å². The Kier molecular flexibility index (Phi) is 3.92. The van der Waals surface area contributed by atoms with Crippen LogP contribution in [0.1, 0.15) is 5.56 Å².